The molecule has 3 N–H and O–H groups in total. The molecule has 154 valence electrons. The van der Waals surface area contributed by atoms with Crippen molar-refractivity contribution in [3.05, 3.63) is 52.1 Å². The Bertz CT molecular complexity index is 877. The summed E-state index contributed by atoms with van der Waals surface area (Å²) in [5.41, 5.74) is 3.95. The second kappa shape index (κ2) is 9.71. The first-order valence-electron chi connectivity index (χ1n) is 8.90. The molecule has 0 aliphatic carbocycles. The van der Waals surface area contributed by atoms with E-state index >= 15 is 0 Å². The predicted octanol–water partition coefficient (Wildman–Crippen LogP) is 1.02. The van der Waals surface area contributed by atoms with Crippen molar-refractivity contribution in [1.82, 2.24) is 20.3 Å². The number of nitrogens with one attached hydrogen (secondary N) is 3. The molecule has 0 spiro atoms. The van der Waals surface area contributed by atoms with Gasteiger partial charge in [-0.3, -0.25) is 30.7 Å². The number of benzene rings is 1. The number of anilines is 2. The summed E-state index contributed by atoms with van der Waals surface area (Å²) in [6.45, 7) is 3.99. The third kappa shape index (κ3) is 5.33. The highest BCUT2D eigenvalue weighted by Crippen LogP contribution is 2.28. The van der Waals surface area contributed by atoms with Crippen LogP contribution in [0.2, 0.25) is 0 Å². The van der Waals surface area contributed by atoms with Crippen LogP contribution in [-0.2, 0) is 4.74 Å². The van der Waals surface area contributed by atoms with E-state index in [0.717, 1.165) is 25.5 Å². The Balaban J connectivity index is 1.65. The van der Waals surface area contributed by atoms with Gasteiger partial charge in [0.2, 0.25) is 11.6 Å². The highest BCUT2D eigenvalue weighted by Gasteiger charge is 2.24. The molecule has 12 heteroatoms. The van der Waals surface area contributed by atoms with E-state index in [-0.39, 0.29) is 17.2 Å². The molecular weight excluding hydrogens is 385 g/mol. The van der Waals surface area contributed by atoms with Gasteiger partial charge in [0.1, 0.15) is 12.1 Å². The molecule has 1 saturated heterocycles. The minimum absolute atomic E-state index is 0.0147. The Hall–Kier alpha value is -3.38. The van der Waals surface area contributed by atoms with Crippen molar-refractivity contribution in [3.63, 3.8) is 0 Å². The zero-order valence-corrected chi connectivity index (χ0v) is 15.4. The Kier molecular flexibility index (Phi) is 6.81. The number of amides is 1. The van der Waals surface area contributed by atoms with Crippen LogP contribution in [0.25, 0.3) is 0 Å². The first kappa shape index (κ1) is 20.4. The summed E-state index contributed by atoms with van der Waals surface area (Å²) < 4.78 is 19.0. The molecule has 0 unspecified atom stereocenters. The topological polar surface area (TPSA) is 135 Å². The summed E-state index contributed by atoms with van der Waals surface area (Å²) in [6.07, 6.45) is 1.13. The molecule has 1 aromatic heterocycles. The number of aromatic nitrogens is 2. The molecule has 0 bridgehead atoms. The number of carbonyl (C=O) groups is 1. The van der Waals surface area contributed by atoms with Gasteiger partial charge in [-0.25, -0.2) is 14.4 Å². The Morgan fingerprint density at radius 3 is 2.69 bits per heavy atom. The van der Waals surface area contributed by atoms with Crippen molar-refractivity contribution in [1.29, 1.82) is 0 Å². The van der Waals surface area contributed by atoms with E-state index in [4.69, 9.17) is 4.74 Å². The predicted molar refractivity (Wildman–Crippen MR) is 102 cm³/mol. The number of hydrogen-bond acceptors (Lipinski definition) is 9. The number of hydrogen-bond donors (Lipinski definition) is 3. The van der Waals surface area contributed by atoms with E-state index in [2.05, 4.69) is 31.0 Å². The SMILES string of the molecule is O=C(NNc1ncnc(NCCN2CCOCC2)c1[N+](=O)[O-])c1ccccc1F. The van der Waals surface area contributed by atoms with Crippen molar-refractivity contribution in [2.45, 2.75) is 0 Å². The molecule has 1 fully saturated rings. The quantitative estimate of drug-likeness (QED) is 0.435. The fraction of sp³-hybridized carbons (Fsp3) is 0.353. The van der Waals surface area contributed by atoms with E-state index in [1.54, 1.807) is 0 Å². The molecule has 29 heavy (non-hydrogen) atoms. The fourth-order valence-electron chi connectivity index (χ4n) is 2.76. The second-order valence-electron chi connectivity index (χ2n) is 6.12. The maximum absolute atomic E-state index is 13.7. The van der Waals surface area contributed by atoms with Gasteiger partial charge in [0.05, 0.1) is 23.7 Å². The first-order chi connectivity index (χ1) is 14.1. The number of nitrogens with zero attached hydrogens (tertiary/aromatic N) is 4. The number of halogens is 1. The third-order valence-corrected chi connectivity index (χ3v) is 4.24. The number of rotatable bonds is 8. The molecule has 1 aromatic carbocycles. The van der Waals surface area contributed by atoms with Crippen molar-refractivity contribution in [3.8, 4) is 0 Å². The summed E-state index contributed by atoms with van der Waals surface area (Å²) in [7, 11) is 0. The molecule has 0 atom stereocenters. The minimum Gasteiger partial charge on any atom is -0.379 e. The van der Waals surface area contributed by atoms with Gasteiger partial charge in [-0.05, 0) is 12.1 Å². The van der Waals surface area contributed by atoms with Gasteiger partial charge in [0, 0.05) is 26.2 Å². The third-order valence-electron chi connectivity index (χ3n) is 4.24. The van der Waals surface area contributed by atoms with Crippen LogP contribution in [0.4, 0.5) is 21.7 Å². The van der Waals surface area contributed by atoms with E-state index < -0.39 is 22.3 Å². The van der Waals surface area contributed by atoms with Gasteiger partial charge in [0.25, 0.3) is 5.91 Å². The van der Waals surface area contributed by atoms with E-state index in [1.807, 2.05) is 0 Å². The van der Waals surface area contributed by atoms with Crippen molar-refractivity contribution in [2.24, 2.45) is 0 Å². The van der Waals surface area contributed by atoms with Crippen LogP contribution in [0.15, 0.2) is 30.6 Å². The van der Waals surface area contributed by atoms with Gasteiger partial charge in [-0.1, -0.05) is 12.1 Å². The average Bonchev–Trinajstić information content (AvgIpc) is 2.73. The van der Waals surface area contributed by atoms with Crippen LogP contribution >= 0.6 is 0 Å². The lowest BCUT2D eigenvalue weighted by molar-refractivity contribution is -0.383. The monoisotopic (exact) mass is 405 g/mol. The Morgan fingerprint density at radius 2 is 1.97 bits per heavy atom. The summed E-state index contributed by atoms with van der Waals surface area (Å²) >= 11 is 0. The number of nitro groups is 1. The Morgan fingerprint density at radius 1 is 1.24 bits per heavy atom. The normalized spacial score (nSPS) is 14.2. The molecule has 2 heterocycles. The second-order valence-corrected chi connectivity index (χ2v) is 6.12. The highest BCUT2D eigenvalue weighted by molar-refractivity contribution is 5.95. The van der Waals surface area contributed by atoms with E-state index in [9.17, 15) is 19.3 Å². The van der Waals surface area contributed by atoms with Crippen molar-refractivity contribution < 1.29 is 18.8 Å². The van der Waals surface area contributed by atoms with Gasteiger partial charge in [-0.2, -0.15) is 0 Å². The van der Waals surface area contributed by atoms with E-state index in [0.29, 0.717) is 26.3 Å². The van der Waals surface area contributed by atoms with Gasteiger partial charge in [-0.15, -0.1) is 0 Å². The smallest absolute Gasteiger partial charge is 0.354 e. The molecule has 0 saturated carbocycles. The summed E-state index contributed by atoms with van der Waals surface area (Å²) in [5, 5.41) is 14.4. The fourth-order valence-corrected chi connectivity index (χ4v) is 2.76. The summed E-state index contributed by atoms with van der Waals surface area (Å²) in [4.78, 5) is 32.9. The lowest BCUT2D eigenvalue weighted by atomic mass is 10.2. The van der Waals surface area contributed by atoms with E-state index in [1.165, 1.54) is 18.2 Å². The molecule has 3 rings (SSSR count). The molecule has 11 nitrogen and oxygen atoms in total. The van der Waals surface area contributed by atoms with Crippen LogP contribution in [0, 0.1) is 15.9 Å². The molecule has 1 aliphatic heterocycles. The summed E-state index contributed by atoms with van der Waals surface area (Å²) in [5.74, 6) is -1.71. The van der Waals surface area contributed by atoms with Crippen LogP contribution in [0.5, 0.6) is 0 Å². The largest absolute Gasteiger partial charge is 0.379 e. The maximum Gasteiger partial charge on any atom is 0.354 e. The number of carbonyl (C=O) groups excluding carboxylic acids is 1. The Labute approximate surface area is 165 Å². The zero-order chi connectivity index (χ0) is 20.6. The molecule has 2 aromatic rings. The van der Waals surface area contributed by atoms with Crippen LogP contribution in [0.3, 0.4) is 0 Å². The van der Waals surface area contributed by atoms with Gasteiger partial charge >= 0.3 is 5.69 Å². The van der Waals surface area contributed by atoms with Crippen LogP contribution in [-0.4, -0.2) is 65.1 Å². The maximum atomic E-state index is 13.7. The number of hydrazine groups is 1. The van der Waals surface area contributed by atoms with Crippen molar-refractivity contribution >= 4 is 23.2 Å². The van der Waals surface area contributed by atoms with Gasteiger partial charge in [0.15, 0.2) is 0 Å². The standard InChI is InChI=1S/C17H20FN7O4/c18-13-4-2-1-3-12(13)17(26)23-22-16-14(25(27)28)15(20-11-21-16)19-5-6-24-7-9-29-10-8-24/h1-4,11H,5-10H2,(H,23,26)(H2,19,20,21,22). The van der Waals surface area contributed by atoms with Crippen LogP contribution in [0.1, 0.15) is 10.4 Å². The molecular formula is C17H20FN7O4. The number of morpholine rings is 1. The number of ether oxygens (including phenoxy) is 1. The lowest BCUT2D eigenvalue weighted by Crippen LogP contribution is -2.39. The first-order valence-corrected chi connectivity index (χ1v) is 8.90. The molecule has 0 radical (unpaired) electrons. The lowest BCUT2D eigenvalue weighted by Gasteiger charge is -2.26. The molecule has 1 aliphatic rings. The van der Waals surface area contributed by atoms with Crippen LogP contribution < -0.4 is 16.2 Å². The molecule has 1 amide bonds. The van der Waals surface area contributed by atoms with Crippen molar-refractivity contribution in [2.75, 3.05) is 50.1 Å². The average molecular weight is 405 g/mol. The van der Waals surface area contributed by atoms with Gasteiger partial charge < -0.3 is 10.1 Å². The summed E-state index contributed by atoms with van der Waals surface area (Å²) in [6, 6.07) is 5.38. The zero-order valence-electron chi connectivity index (χ0n) is 15.4. The highest BCUT2D eigenvalue weighted by atomic mass is 19.1. The minimum atomic E-state index is -0.794.